The van der Waals surface area contributed by atoms with Crippen LogP contribution in [-0.2, 0) is 14.8 Å². The number of aromatic nitrogens is 1. The van der Waals surface area contributed by atoms with Crippen molar-refractivity contribution in [1.29, 1.82) is 0 Å². The molecule has 8 heteroatoms. The van der Waals surface area contributed by atoms with Crippen molar-refractivity contribution in [2.75, 3.05) is 11.8 Å². The number of ether oxygens (including phenoxy) is 1. The molecule has 0 aliphatic heterocycles. The van der Waals surface area contributed by atoms with Crippen LogP contribution in [0.4, 0.5) is 5.69 Å². The molecule has 0 fully saturated rings. The number of anilines is 1. The molecule has 40 heavy (non-hydrogen) atoms. The highest BCUT2D eigenvalue weighted by atomic mass is 32.2. The summed E-state index contributed by atoms with van der Waals surface area (Å²) in [5, 5.41) is 1.30. The Morgan fingerprint density at radius 3 is 2.38 bits per heavy atom. The van der Waals surface area contributed by atoms with Crippen LogP contribution in [-0.4, -0.2) is 26.5 Å². The lowest BCUT2D eigenvalue weighted by Gasteiger charge is -2.18. The maximum Gasteiger partial charge on any atom is 0.338 e. The van der Waals surface area contributed by atoms with E-state index in [0.29, 0.717) is 33.4 Å². The van der Waals surface area contributed by atoms with Crippen LogP contribution in [0.3, 0.4) is 0 Å². The van der Waals surface area contributed by atoms with Crippen LogP contribution in [0, 0.1) is 6.92 Å². The molecule has 6 rings (SSSR count). The van der Waals surface area contributed by atoms with Crippen LogP contribution in [0.1, 0.15) is 38.7 Å². The second kappa shape index (κ2) is 10.1. The van der Waals surface area contributed by atoms with Gasteiger partial charge in [-0.3, -0.25) is 4.72 Å². The molecule has 1 unspecified atom stereocenters. The summed E-state index contributed by atoms with van der Waals surface area (Å²) < 4.78 is 41.6. The zero-order chi connectivity index (χ0) is 27.9. The molecule has 1 atom stereocenters. The number of H-pyrrole nitrogens is 1. The van der Waals surface area contributed by atoms with Gasteiger partial charge in [0.15, 0.2) is 0 Å². The molecular formula is C32H26N2O5S. The lowest BCUT2D eigenvalue weighted by atomic mass is 9.87. The number of aryl methyl sites for hydroxylation is 1. The number of aromatic amines is 1. The second-order valence-corrected chi connectivity index (χ2v) is 11.2. The third-order valence-electron chi connectivity index (χ3n) is 7.04. The SMILES string of the molecule is COC(=O)c1cccc2[nH]cc(C(c3ccccc3)c3oc4ccccc4c3NS(=O)(=O)c3ccc(C)cc3)c12. The summed E-state index contributed by atoms with van der Waals surface area (Å²) in [6.45, 7) is 1.90. The number of benzene rings is 4. The normalized spacial score (nSPS) is 12.4. The van der Waals surface area contributed by atoms with E-state index in [1.165, 1.54) is 7.11 Å². The first-order chi connectivity index (χ1) is 19.4. The highest BCUT2D eigenvalue weighted by molar-refractivity contribution is 7.92. The molecule has 7 nitrogen and oxygen atoms in total. The molecule has 0 spiro atoms. The minimum Gasteiger partial charge on any atom is -0.465 e. The van der Waals surface area contributed by atoms with Gasteiger partial charge in [0, 0.05) is 22.5 Å². The summed E-state index contributed by atoms with van der Waals surface area (Å²) in [4.78, 5) is 16.2. The third-order valence-corrected chi connectivity index (χ3v) is 8.40. The summed E-state index contributed by atoms with van der Waals surface area (Å²) in [5.74, 6) is -0.629. The standard InChI is InChI=1S/C32H26N2O5S/c1-20-15-17-22(18-16-20)40(36,37)34-30-23-11-6-7-14-27(23)39-31(30)28(21-9-4-3-5-10-21)25-19-33-26-13-8-12-24(29(25)26)32(35)38-2/h3-19,28,33-34H,1-2H3. The van der Waals surface area contributed by atoms with Gasteiger partial charge in [0.2, 0.25) is 0 Å². The lowest BCUT2D eigenvalue weighted by molar-refractivity contribution is 0.0603. The summed E-state index contributed by atoms with van der Waals surface area (Å²) >= 11 is 0. The molecule has 2 aromatic heterocycles. The van der Waals surface area contributed by atoms with E-state index in [0.717, 1.165) is 22.2 Å². The van der Waals surface area contributed by atoms with Gasteiger partial charge in [-0.25, -0.2) is 13.2 Å². The Kier molecular flexibility index (Phi) is 6.40. The van der Waals surface area contributed by atoms with E-state index < -0.39 is 21.9 Å². The largest absolute Gasteiger partial charge is 0.465 e. The van der Waals surface area contributed by atoms with Crippen LogP contribution in [0.2, 0.25) is 0 Å². The molecule has 2 heterocycles. The molecule has 6 aromatic rings. The maximum absolute atomic E-state index is 13.6. The molecule has 2 N–H and O–H groups in total. The van der Waals surface area contributed by atoms with Gasteiger partial charge in [-0.2, -0.15) is 0 Å². The number of hydrogen-bond donors (Lipinski definition) is 2. The van der Waals surface area contributed by atoms with E-state index in [2.05, 4.69) is 9.71 Å². The highest BCUT2D eigenvalue weighted by Gasteiger charge is 2.31. The maximum atomic E-state index is 13.6. The van der Waals surface area contributed by atoms with Crippen molar-refractivity contribution < 1.29 is 22.4 Å². The Morgan fingerprint density at radius 1 is 0.900 bits per heavy atom. The van der Waals surface area contributed by atoms with E-state index in [1.54, 1.807) is 42.5 Å². The van der Waals surface area contributed by atoms with Gasteiger partial charge in [-0.05, 0) is 54.4 Å². The minimum atomic E-state index is -3.96. The van der Waals surface area contributed by atoms with Gasteiger partial charge in [0.1, 0.15) is 11.3 Å². The molecule has 0 saturated heterocycles. The molecule has 0 saturated carbocycles. The number of rotatable bonds is 7. The van der Waals surface area contributed by atoms with Crippen LogP contribution in [0.5, 0.6) is 0 Å². The first-order valence-corrected chi connectivity index (χ1v) is 14.2. The first kappa shape index (κ1) is 25.5. The van der Waals surface area contributed by atoms with Crippen LogP contribution in [0.15, 0.2) is 113 Å². The Balaban J connectivity index is 1.62. The molecule has 0 amide bonds. The quantitative estimate of drug-likeness (QED) is 0.209. The number of methoxy groups -OCH3 is 1. The van der Waals surface area contributed by atoms with Gasteiger partial charge < -0.3 is 14.1 Å². The highest BCUT2D eigenvalue weighted by Crippen LogP contribution is 2.45. The number of fused-ring (bicyclic) bond motifs is 2. The van der Waals surface area contributed by atoms with Gasteiger partial charge in [0.05, 0.1) is 29.2 Å². The summed E-state index contributed by atoms with van der Waals surface area (Å²) in [7, 11) is -2.61. The molecule has 0 aliphatic carbocycles. The van der Waals surface area contributed by atoms with E-state index in [9.17, 15) is 13.2 Å². The monoisotopic (exact) mass is 550 g/mol. The van der Waals surface area contributed by atoms with Crippen molar-refractivity contribution in [3.63, 3.8) is 0 Å². The average Bonchev–Trinajstić information content (AvgIpc) is 3.55. The van der Waals surface area contributed by atoms with Crippen molar-refractivity contribution in [1.82, 2.24) is 4.98 Å². The van der Waals surface area contributed by atoms with Gasteiger partial charge >= 0.3 is 5.97 Å². The molecule has 200 valence electrons. The Bertz CT molecular complexity index is 1960. The van der Waals surface area contributed by atoms with Gasteiger partial charge in [0.25, 0.3) is 10.0 Å². The van der Waals surface area contributed by atoms with Crippen molar-refractivity contribution in [2.45, 2.75) is 17.7 Å². The molecular weight excluding hydrogens is 524 g/mol. The first-order valence-electron chi connectivity index (χ1n) is 12.7. The number of hydrogen-bond acceptors (Lipinski definition) is 5. The molecule has 4 aromatic carbocycles. The smallest absolute Gasteiger partial charge is 0.338 e. The van der Waals surface area contributed by atoms with Crippen LogP contribution in [0.25, 0.3) is 21.9 Å². The van der Waals surface area contributed by atoms with E-state index in [4.69, 9.17) is 9.15 Å². The second-order valence-electron chi connectivity index (χ2n) is 9.56. The number of carbonyl (C=O) groups is 1. The summed E-state index contributed by atoms with van der Waals surface area (Å²) in [5.41, 5.74) is 4.59. The van der Waals surface area contributed by atoms with E-state index in [-0.39, 0.29) is 4.90 Å². The zero-order valence-electron chi connectivity index (χ0n) is 21.8. The van der Waals surface area contributed by atoms with Crippen molar-refractivity contribution >= 4 is 43.6 Å². The number of esters is 1. The van der Waals surface area contributed by atoms with Crippen molar-refractivity contribution in [3.05, 3.63) is 131 Å². The molecule has 0 radical (unpaired) electrons. The fourth-order valence-corrected chi connectivity index (χ4v) is 6.21. The molecule has 0 aliphatic rings. The fourth-order valence-electron chi connectivity index (χ4n) is 5.12. The molecule has 0 bridgehead atoms. The lowest BCUT2D eigenvalue weighted by Crippen LogP contribution is -2.15. The number of carbonyl (C=O) groups excluding carboxylic acids is 1. The van der Waals surface area contributed by atoms with Crippen molar-refractivity contribution in [3.8, 4) is 0 Å². The predicted octanol–water partition coefficient (Wildman–Crippen LogP) is 6.99. The van der Waals surface area contributed by atoms with E-state index in [1.807, 2.05) is 67.7 Å². The number of nitrogens with one attached hydrogen (secondary N) is 2. The minimum absolute atomic E-state index is 0.144. The number of para-hydroxylation sites is 1. The van der Waals surface area contributed by atoms with Gasteiger partial charge in [-0.15, -0.1) is 0 Å². The topological polar surface area (TPSA) is 101 Å². The number of furan rings is 1. The van der Waals surface area contributed by atoms with Crippen molar-refractivity contribution in [2.24, 2.45) is 0 Å². The zero-order valence-corrected chi connectivity index (χ0v) is 22.7. The summed E-state index contributed by atoms with van der Waals surface area (Å²) in [6, 6.07) is 29.0. The third kappa shape index (κ3) is 4.42. The number of sulfonamides is 1. The summed E-state index contributed by atoms with van der Waals surface area (Å²) in [6.07, 6.45) is 1.83. The van der Waals surface area contributed by atoms with Crippen LogP contribution < -0.4 is 4.72 Å². The Labute approximate surface area is 231 Å². The Morgan fingerprint density at radius 2 is 1.62 bits per heavy atom. The van der Waals surface area contributed by atoms with Gasteiger partial charge in [-0.1, -0.05) is 66.2 Å². The Hall–Kier alpha value is -4.82. The fraction of sp³-hybridized carbons (Fsp3) is 0.0938. The van der Waals surface area contributed by atoms with E-state index >= 15 is 0 Å². The van der Waals surface area contributed by atoms with Crippen LogP contribution >= 0.6 is 0 Å². The average molecular weight is 551 g/mol. The predicted molar refractivity (Wildman–Crippen MR) is 155 cm³/mol.